The summed E-state index contributed by atoms with van der Waals surface area (Å²) in [6.45, 7) is 1.86. The molecule has 1 atom stereocenters. The molecule has 2 aromatic carbocycles. The molecule has 0 bridgehead atoms. The summed E-state index contributed by atoms with van der Waals surface area (Å²) in [6, 6.07) is 11.8. The van der Waals surface area contributed by atoms with E-state index in [9.17, 15) is 9.50 Å². The fourth-order valence-electron chi connectivity index (χ4n) is 1.78. The van der Waals surface area contributed by atoms with Crippen molar-refractivity contribution < 1.29 is 19.0 Å². The van der Waals surface area contributed by atoms with Gasteiger partial charge in [0.25, 0.3) is 0 Å². The highest BCUT2D eigenvalue weighted by molar-refractivity contribution is 5.31. The molecule has 0 spiro atoms. The first-order valence-corrected chi connectivity index (χ1v) is 6.33. The number of ether oxygens (including phenoxy) is 2. The predicted molar refractivity (Wildman–Crippen MR) is 74.4 cm³/mol. The number of halogens is 1. The van der Waals surface area contributed by atoms with Crippen molar-refractivity contribution in [3.05, 3.63) is 59.4 Å². The van der Waals surface area contributed by atoms with Gasteiger partial charge in [0.05, 0.1) is 13.2 Å². The fraction of sp³-hybridized carbons (Fsp3) is 0.250. The van der Waals surface area contributed by atoms with Gasteiger partial charge in [-0.15, -0.1) is 0 Å². The summed E-state index contributed by atoms with van der Waals surface area (Å²) in [5.41, 5.74) is 1.45. The van der Waals surface area contributed by atoms with E-state index in [0.29, 0.717) is 5.56 Å². The lowest BCUT2D eigenvalue weighted by Crippen LogP contribution is -1.99. The Morgan fingerprint density at radius 2 is 1.85 bits per heavy atom. The van der Waals surface area contributed by atoms with E-state index < -0.39 is 11.9 Å². The van der Waals surface area contributed by atoms with E-state index in [1.807, 2.05) is 24.3 Å². The van der Waals surface area contributed by atoms with E-state index in [0.717, 1.165) is 11.3 Å². The molecule has 0 aliphatic rings. The van der Waals surface area contributed by atoms with Crippen LogP contribution in [0.5, 0.6) is 11.5 Å². The van der Waals surface area contributed by atoms with Gasteiger partial charge in [-0.25, -0.2) is 4.39 Å². The lowest BCUT2D eigenvalue weighted by atomic mass is 10.1. The molecule has 0 heterocycles. The zero-order chi connectivity index (χ0) is 14.5. The van der Waals surface area contributed by atoms with Crippen LogP contribution in [0.3, 0.4) is 0 Å². The van der Waals surface area contributed by atoms with Crippen LogP contribution < -0.4 is 9.47 Å². The van der Waals surface area contributed by atoms with E-state index in [1.54, 1.807) is 20.1 Å². The average Bonchev–Trinajstić information content (AvgIpc) is 2.46. The maximum absolute atomic E-state index is 13.8. The Labute approximate surface area is 117 Å². The van der Waals surface area contributed by atoms with Gasteiger partial charge >= 0.3 is 0 Å². The van der Waals surface area contributed by atoms with Crippen molar-refractivity contribution in [3.8, 4) is 11.5 Å². The second kappa shape index (κ2) is 6.39. The highest BCUT2D eigenvalue weighted by atomic mass is 19.1. The Balaban J connectivity index is 2.03. The largest absolute Gasteiger partial charge is 0.497 e. The van der Waals surface area contributed by atoms with Crippen LogP contribution in [0.15, 0.2) is 42.5 Å². The molecule has 2 aromatic rings. The van der Waals surface area contributed by atoms with Crippen LogP contribution in [-0.2, 0) is 6.61 Å². The normalized spacial score (nSPS) is 12.0. The third-order valence-corrected chi connectivity index (χ3v) is 2.99. The topological polar surface area (TPSA) is 38.7 Å². The predicted octanol–water partition coefficient (Wildman–Crippen LogP) is 3.47. The van der Waals surface area contributed by atoms with Crippen LogP contribution >= 0.6 is 0 Å². The summed E-state index contributed by atoms with van der Waals surface area (Å²) in [5.74, 6) is 0.461. The molecule has 0 radical (unpaired) electrons. The molecule has 0 aliphatic carbocycles. The van der Waals surface area contributed by atoms with Crippen molar-refractivity contribution in [2.45, 2.75) is 19.6 Å². The number of aliphatic hydroxyl groups is 1. The fourth-order valence-corrected chi connectivity index (χ4v) is 1.78. The molecule has 1 N–H and O–H groups in total. The van der Waals surface area contributed by atoms with Crippen LogP contribution in [0.4, 0.5) is 4.39 Å². The van der Waals surface area contributed by atoms with Gasteiger partial charge in [0.15, 0.2) is 11.6 Å². The van der Waals surface area contributed by atoms with E-state index in [1.165, 1.54) is 12.1 Å². The van der Waals surface area contributed by atoms with Gasteiger partial charge in [0.1, 0.15) is 12.4 Å². The third kappa shape index (κ3) is 3.48. The molecule has 2 rings (SSSR count). The molecular weight excluding hydrogens is 259 g/mol. The molecule has 106 valence electrons. The second-order valence-electron chi connectivity index (χ2n) is 4.50. The minimum Gasteiger partial charge on any atom is -0.497 e. The lowest BCUT2D eigenvalue weighted by molar-refractivity contribution is 0.198. The Morgan fingerprint density at radius 3 is 2.40 bits per heavy atom. The van der Waals surface area contributed by atoms with Crippen LogP contribution in [-0.4, -0.2) is 12.2 Å². The number of methoxy groups -OCH3 is 1. The highest BCUT2D eigenvalue weighted by Crippen LogP contribution is 2.23. The summed E-state index contributed by atoms with van der Waals surface area (Å²) < 4.78 is 24.3. The van der Waals surface area contributed by atoms with Crippen molar-refractivity contribution in [2.75, 3.05) is 7.11 Å². The molecule has 0 saturated carbocycles. The van der Waals surface area contributed by atoms with Crippen LogP contribution in [0, 0.1) is 5.82 Å². The maximum atomic E-state index is 13.8. The smallest absolute Gasteiger partial charge is 0.165 e. The Morgan fingerprint density at radius 1 is 1.15 bits per heavy atom. The van der Waals surface area contributed by atoms with Crippen molar-refractivity contribution in [1.82, 2.24) is 0 Å². The van der Waals surface area contributed by atoms with Gasteiger partial charge < -0.3 is 14.6 Å². The van der Waals surface area contributed by atoms with Crippen LogP contribution in [0.1, 0.15) is 24.2 Å². The molecule has 20 heavy (non-hydrogen) atoms. The number of hydrogen-bond acceptors (Lipinski definition) is 3. The van der Waals surface area contributed by atoms with Crippen molar-refractivity contribution in [3.63, 3.8) is 0 Å². The maximum Gasteiger partial charge on any atom is 0.165 e. The molecule has 0 unspecified atom stereocenters. The van der Waals surface area contributed by atoms with Gasteiger partial charge in [0, 0.05) is 0 Å². The summed E-state index contributed by atoms with van der Waals surface area (Å²) in [6.07, 6.45) is -0.694. The molecular formula is C16H17FO3. The quantitative estimate of drug-likeness (QED) is 0.908. The summed E-state index contributed by atoms with van der Waals surface area (Å²) in [7, 11) is 1.60. The molecule has 0 fully saturated rings. The molecule has 0 amide bonds. The zero-order valence-corrected chi connectivity index (χ0v) is 11.5. The number of rotatable bonds is 5. The summed E-state index contributed by atoms with van der Waals surface area (Å²) in [5, 5.41) is 9.38. The lowest BCUT2D eigenvalue weighted by Gasteiger charge is -2.10. The minimum absolute atomic E-state index is 0.171. The SMILES string of the molecule is COc1ccc(COc2ccc([C@@H](C)O)cc2F)cc1. The summed E-state index contributed by atoms with van der Waals surface area (Å²) >= 11 is 0. The highest BCUT2D eigenvalue weighted by Gasteiger charge is 2.08. The van der Waals surface area contributed by atoms with Gasteiger partial charge in [-0.3, -0.25) is 0 Å². The van der Waals surface area contributed by atoms with E-state index in [4.69, 9.17) is 9.47 Å². The van der Waals surface area contributed by atoms with Crippen LogP contribution in [0.2, 0.25) is 0 Å². The molecule has 0 aromatic heterocycles. The second-order valence-corrected chi connectivity index (χ2v) is 4.50. The standard InChI is InChI=1S/C16H17FO3/c1-11(18)13-5-8-16(15(17)9-13)20-10-12-3-6-14(19-2)7-4-12/h3-9,11,18H,10H2,1-2H3/t11-/m1/s1. The Hall–Kier alpha value is -2.07. The minimum atomic E-state index is -0.694. The Kier molecular flexibility index (Phi) is 4.58. The zero-order valence-electron chi connectivity index (χ0n) is 11.5. The third-order valence-electron chi connectivity index (χ3n) is 2.99. The van der Waals surface area contributed by atoms with Crippen LogP contribution in [0.25, 0.3) is 0 Å². The van der Waals surface area contributed by atoms with E-state index in [-0.39, 0.29) is 12.4 Å². The first kappa shape index (κ1) is 14.3. The number of benzene rings is 2. The first-order valence-electron chi connectivity index (χ1n) is 6.33. The van der Waals surface area contributed by atoms with Crippen molar-refractivity contribution >= 4 is 0 Å². The van der Waals surface area contributed by atoms with Crippen molar-refractivity contribution in [2.24, 2.45) is 0 Å². The van der Waals surface area contributed by atoms with Gasteiger partial charge in [0.2, 0.25) is 0 Å². The molecule has 4 heteroatoms. The number of aliphatic hydroxyl groups excluding tert-OH is 1. The first-order chi connectivity index (χ1) is 9.60. The number of hydrogen-bond donors (Lipinski definition) is 1. The van der Waals surface area contributed by atoms with Crippen molar-refractivity contribution in [1.29, 1.82) is 0 Å². The monoisotopic (exact) mass is 276 g/mol. The molecule has 0 saturated heterocycles. The summed E-state index contributed by atoms with van der Waals surface area (Å²) in [4.78, 5) is 0. The molecule has 0 aliphatic heterocycles. The van der Waals surface area contributed by atoms with Gasteiger partial charge in [-0.2, -0.15) is 0 Å². The Bertz CT molecular complexity index is 564. The molecule has 3 nitrogen and oxygen atoms in total. The van der Waals surface area contributed by atoms with Gasteiger partial charge in [-0.1, -0.05) is 18.2 Å². The van der Waals surface area contributed by atoms with E-state index in [2.05, 4.69) is 0 Å². The van der Waals surface area contributed by atoms with E-state index >= 15 is 0 Å². The average molecular weight is 276 g/mol. The van der Waals surface area contributed by atoms with Gasteiger partial charge in [-0.05, 0) is 42.3 Å².